The molecule has 2 saturated heterocycles. The Morgan fingerprint density at radius 2 is 2.40 bits per heavy atom. The van der Waals surface area contributed by atoms with Gasteiger partial charge in [-0.15, -0.1) is 0 Å². The van der Waals surface area contributed by atoms with Crippen molar-refractivity contribution < 1.29 is 4.74 Å². The lowest BCUT2D eigenvalue weighted by atomic mass is 10.00. The summed E-state index contributed by atoms with van der Waals surface area (Å²) in [4.78, 5) is 0. The van der Waals surface area contributed by atoms with Crippen LogP contribution in [-0.4, -0.2) is 18.4 Å². The molecular formula is C8H13NO. The standard InChI is InChI=1S/C8H13NO/c1-5(2)6-3-4-7-8(9-6)10-7/h6-9H,1,3-4H2,2H3. The normalized spacial score (nSPS) is 44.3. The van der Waals surface area contributed by atoms with E-state index in [2.05, 4.69) is 18.8 Å². The second kappa shape index (κ2) is 2.07. The predicted octanol–water partition coefficient (Wildman–Crippen LogP) is 1.04. The summed E-state index contributed by atoms with van der Waals surface area (Å²) in [5.41, 5.74) is 1.23. The minimum atomic E-state index is 0.357. The van der Waals surface area contributed by atoms with Gasteiger partial charge >= 0.3 is 0 Å². The van der Waals surface area contributed by atoms with Gasteiger partial charge in [0.05, 0.1) is 6.10 Å². The first-order valence-corrected chi connectivity index (χ1v) is 3.84. The van der Waals surface area contributed by atoms with Crippen LogP contribution in [-0.2, 0) is 4.74 Å². The Labute approximate surface area is 61.3 Å². The maximum Gasteiger partial charge on any atom is 0.135 e. The molecule has 0 aromatic heterocycles. The van der Waals surface area contributed by atoms with Crippen LogP contribution in [0.3, 0.4) is 0 Å². The molecule has 3 atom stereocenters. The largest absolute Gasteiger partial charge is 0.353 e. The molecule has 2 aliphatic rings. The van der Waals surface area contributed by atoms with E-state index in [0.29, 0.717) is 18.4 Å². The Morgan fingerprint density at radius 3 is 3.00 bits per heavy atom. The van der Waals surface area contributed by atoms with Gasteiger partial charge in [0.2, 0.25) is 0 Å². The number of rotatable bonds is 1. The molecule has 1 N–H and O–H groups in total. The molecule has 0 amide bonds. The van der Waals surface area contributed by atoms with E-state index < -0.39 is 0 Å². The topological polar surface area (TPSA) is 24.6 Å². The molecule has 0 spiro atoms. The van der Waals surface area contributed by atoms with E-state index in [-0.39, 0.29) is 0 Å². The molecule has 0 aromatic rings. The molecule has 3 unspecified atom stereocenters. The Balaban J connectivity index is 1.94. The van der Waals surface area contributed by atoms with Crippen molar-refractivity contribution in [2.24, 2.45) is 0 Å². The van der Waals surface area contributed by atoms with Gasteiger partial charge in [-0.25, -0.2) is 0 Å². The smallest absolute Gasteiger partial charge is 0.135 e. The molecule has 2 aliphatic heterocycles. The molecule has 0 bridgehead atoms. The van der Waals surface area contributed by atoms with Gasteiger partial charge < -0.3 is 4.74 Å². The summed E-state index contributed by atoms with van der Waals surface area (Å²) in [6.07, 6.45) is 3.28. The van der Waals surface area contributed by atoms with Crippen molar-refractivity contribution in [1.82, 2.24) is 5.32 Å². The van der Waals surface area contributed by atoms with E-state index in [1.165, 1.54) is 18.4 Å². The molecule has 0 radical (unpaired) electrons. The highest BCUT2D eigenvalue weighted by molar-refractivity contribution is 5.07. The Hall–Kier alpha value is -0.340. The quantitative estimate of drug-likeness (QED) is 0.433. The Morgan fingerprint density at radius 1 is 1.60 bits per heavy atom. The average Bonchev–Trinajstić information content (AvgIpc) is 2.63. The van der Waals surface area contributed by atoms with Crippen LogP contribution in [0.4, 0.5) is 0 Å². The van der Waals surface area contributed by atoms with Crippen LogP contribution in [0.25, 0.3) is 0 Å². The third-order valence-electron chi connectivity index (χ3n) is 2.28. The van der Waals surface area contributed by atoms with E-state index in [0.717, 1.165) is 0 Å². The average molecular weight is 139 g/mol. The van der Waals surface area contributed by atoms with Gasteiger partial charge in [0.15, 0.2) is 0 Å². The number of piperidine rings is 1. The van der Waals surface area contributed by atoms with E-state index in [9.17, 15) is 0 Å². The van der Waals surface area contributed by atoms with Gasteiger partial charge in [-0.1, -0.05) is 12.2 Å². The molecule has 2 heteroatoms. The van der Waals surface area contributed by atoms with Crippen LogP contribution in [0, 0.1) is 0 Å². The van der Waals surface area contributed by atoms with Crippen molar-refractivity contribution in [3.63, 3.8) is 0 Å². The molecule has 2 nitrogen and oxygen atoms in total. The lowest BCUT2D eigenvalue weighted by Gasteiger charge is -2.20. The van der Waals surface area contributed by atoms with Crippen molar-refractivity contribution >= 4 is 0 Å². The van der Waals surface area contributed by atoms with Gasteiger partial charge in [0, 0.05) is 6.04 Å². The zero-order chi connectivity index (χ0) is 7.14. The second-order valence-corrected chi connectivity index (χ2v) is 3.24. The van der Waals surface area contributed by atoms with E-state index >= 15 is 0 Å². The van der Waals surface area contributed by atoms with Crippen molar-refractivity contribution in [3.8, 4) is 0 Å². The molecule has 10 heavy (non-hydrogen) atoms. The summed E-state index contributed by atoms with van der Waals surface area (Å²) in [6.45, 7) is 5.98. The van der Waals surface area contributed by atoms with Gasteiger partial charge in [0.25, 0.3) is 0 Å². The summed E-state index contributed by atoms with van der Waals surface area (Å²) < 4.78 is 5.31. The molecule has 2 fully saturated rings. The molecule has 2 rings (SSSR count). The minimum absolute atomic E-state index is 0.357. The molecule has 2 heterocycles. The van der Waals surface area contributed by atoms with Gasteiger partial charge in [-0.05, 0) is 19.8 Å². The first kappa shape index (κ1) is 6.38. The maximum atomic E-state index is 5.31. The van der Waals surface area contributed by atoms with Crippen molar-refractivity contribution in [2.45, 2.75) is 38.1 Å². The lowest BCUT2D eigenvalue weighted by Crippen LogP contribution is -2.37. The number of fused-ring (bicyclic) bond motifs is 1. The fourth-order valence-electron chi connectivity index (χ4n) is 1.51. The second-order valence-electron chi connectivity index (χ2n) is 3.24. The predicted molar refractivity (Wildman–Crippen MR) is 39.6 cm³/mol. The molecule has 56 valence electrons. The van der Waals surface area contributed by atoms with Crippen LogP contribution in [0.15, 0.2) is 12.2 Å². The monoisotopic (exact) mass is 139 g/mol. The number of hydrogen-bond acceptors (Lipinski definition) is 2. The van der Waals surface area contributed by atoms with Crippen LogP contribution < -0.4 is 5.32 Å². The van der Waals surface area contributed by atoms with E-state index in [1.807, 2.05) is 0 Å². The summed E-state index contributed by atoms with van der Waals surface area (Å²) >= 11 is 0. The summed E-state index contributed by atoms with van der Waals surface area (Å²) in [7, 11) is 0. The van der Waals surface area contributed by atoms with Crippen molar-refractivity contribution in [1.29, 1.82) is 0 Å². The molecule has 0 aromatic carbocycles. The van der Waals surface area contributed by atoms with E-state index in [1.54, 1.807) is 0 Å². The number of nitrogens with one attached hydrogen (secondary N) is 1. The molecular weight excluding hydrogens is 126 g/mol. The van der Waals surface area contributed by atoms with Gasteiger partial charge in [-0.3, -0.25) is 5.32 Å². The Bertz CT molecular complexity index is 167. The molecule has 0 aliphatic carbocycles. The van der Waals surface area contributed by atoms with Gasteiger partial charge in [-0.2, -0.15) is 0 Å². The molecule has 0 saturated carbocycles. The number of epoxide rings is 1. The third kappa shape index (κ3) is 0.976. The van der Waals surface area contributed by atoms with Crippen LogP contribution in [0.5, 0.6) is 0 Å². The first-order valence-electron chi connectivity index (χ1n) is 3.84. The SMILES string of the molecule is C=C(C)C1CCC2OC2N1. The van der Waals surface area contributed by atoms with Crippen molar-refractivity contribution in [2.75, 3.05) is 0 Å². The lowest BCUT2D eigenvalue weighted by molar-refractivity contribution is 0.353. The fourth-order valence-corrected chi connectivity index (χ4v) is 1.51. The van der Waals surface area contributed by atoms with Crippen LogP contribution in [0.2, 0.25) is 0 Å². The van der Waals surface area contributed by atoms with Gasteiger partial charge in [0.1, 0.15) is 6.23 Å². The van der Waals surface area contributed by atoms with Crippen molar-refractivity contribution in [3.05, 3.63) is 12.2 Å². The van der Waals surface area contributed by atoms with E-state index in [4.69, 9.17) is 4.74 Å². The zero-order valence-corrected chi connectivity index (χ0v) is 6.26. The summed E-state index contributed by atoms with van der Waals surface area (Å²) in [5, 5.41) is 3.37. The van der Waals surface area contributed by atoms with Crippen LogP contribution >= 0.6 is 0 Å². The number of ether oxygens (including phenoxy) is 1. The van der Waals surface area contributed by atoms with Crippen LogP contribution in [0.1, 0.15) is 19.8 Å². The highest BCUT2D eigenvalue weighted by atomic mass is 16.6. The first-order chi connectivity index (χ1) is 4.77. The minimum Gasteiger partial charge on any atom is -0.353 e. The number of hydrogen-bond donors (Lipinski definition) is 1. The summed E-state index contributed by atoms with van der Waals surface area (Å²) in [5.74, 6) is 0. The fraction of sp³-hybridized carbons (Fsp3) is 0.750. The third-order valence-corrected chi connectivity index (χ3v) is 2.28. The summed E-state index contributed by atoms with van der Waals surface area (Å²) in [6, 6.07) is 0.503. The maximum absolute atomic E-state index is 5.31. The highest BCUT2D eigenvalue weighted by Gasteiger charge is 2.43. The highest BCUT2D eigenvalue weighted by Crippen LogP contribution is 2.31. The zero-order valence-electron chi connectivity index (χ0n) is 6.26. The Kier molecular flexibility index (Phi) is 1.32.